The largest absolute Gasteiger partial charge is 0.493 e. The SMILES string of the molecule is Cc1nn(-c2ccc(F)cc2F)c(C)c1CC(=O)N[C@@H]1CCOc2ccccc21. The monoisotopic (exact) mass is 397 g/mol. The van der Waals surface area contributed by atoms with Crippen LogP contribution < -0.4 is 10.1 Å². The van der Waals surface area contributed by atoms with Crippen LogP contribution >= 0.6 is 0 Å². The molecule has 1 atom stereocenters. The van der Waals surface area contributed by atoms with Gasteiger partial charge in [-0.15, -0.1) is 0 Å². The van der Waals surface area contributed by atoms with Gasteiger partial charge in [0.15, 0.2) is 5.82 Å². The minimum absolute atomic E-state index is 0.113. The van der Waals surface area contributed by atoms with E-state index in [1.54, 1.807) is 13.8 Å². The summed E-state index contributed by atoms with van der Waals surface area (Å²) < 4.78 is 34.4. The van der Waals surface area contributed by atoms with E-state index in [-0.39, 0.29) is 24.1 Å². The predicted molar refractivity (Wildman–Crippen MR) is 104 cm³/mol. The summed E-state index contributed by atoms with van der Waals surface area (Å²) in [5.41, 5.74) is 3.12. The Hall–Kier alpha value is -3.22. The van der Waals surface area contributed by atoms with Crippen molar-refractivity contribution in [1.82, 2.24) is 15.1 Å². The molecule has 1 aliphatic rings. The third-order valence-corrected chi connectivity index (χ3v) is 5.21. The van der Waals surface area contributed by atoms with Crippen molar-refractivity contribution in [2.24, 2.45) is 0 Å². The highest BCUT2D eigenvalue weighted by atomic mass is 19.1. The molecule has 1 aliphatic heterocycles. The Morgan fingerprint density at radius 2 is 2.03 bits per heavy atom. The lowest BCUT2D eigenvalue weighted by molar-refractivity contribution is -0.121. The molecule has 1 amide bonds. The van der Waals surface area contributed by atoms with Gasteiger partial charge in [0.05, 0.1) is 24.8 Å². The van der Waals surface area contributed by atoms with Crippen molar-refractivity contribution in [2.75, 3.05) is 6.61 Å². The van der Waals surface area contributed by atoms with Crippen LogP contribution in [0.4, 0.5) is 8.78 Å². The fourth-order valence-corrected chi connectivity index (χ4v) is 3.72. The van der Waals surface area contributed by atoms with Gasteiger partial charge in [-0.25, -0.2) is 13.5 Å². The van der Waals surface area contributed by atoms with Gasteiger partial charge in [-0.2, -0.15) is 5.10 Å². The van der Waals surface area contributed by atoms with Gasteiger partial charge in [0, 0.05) is 29.3 Å². The Kier molecular flexibility index (Phi) is 5.05. The van der Waals surface area contributed by atoms with Crippen molar-refractivity contribution in [2.45, 2.75) is 32.7 Å². The van der Waals surface area contributed by atoms with Gasteiger partial charge >= 0.3 is 0 Å². The number of nitrogens with zero attached hydrogens (tertiary/aromatic N) is 2. The third kappa shape index (κ3) is 3.72. The zero-order valence-electron chi connectivity index (χ0n) is 16.2. The van der Waals surface area contributed by atoms with E-state index in [0.717, 1.165) is 22.9 Å². The van der Waals surface area contributed by atoms with Crippen LogP contribution in [0.1, 0.15) is 35.0 Å². The number of para-hydroxylation sites is 1. The lowest BCUT2D eigenvalue weighted by Gasteiger charge is -2.26. The fourth-order valence-electron chi connectivity index (χ4n) is 3.72. The van der Waals surface area contributed by atoms with E-state index in [2.05, 4.69) is 10.4 Å². The summed E-state index contributed by atoms with van der Waals surface area (Å²) in [7, 11) is 0. The second kappa shape index (κ2) is 7.66. The fraction of sp³-hybridized carbons (Fsp3) is 0.273. The van der Waals surface area contributed by atoms with Crippen LogP contribution in [-0.2, 0) is 11.2 Å². The van der Waals surface area contributed by atoms with E-state index in [1.807, 2.05) is 24.3 Å². The number of fused-ring (bicyclic) bond motifs is 1. The lowest BCUT2D eigenvalue weighted by atomic mass is 10.00. The summed E-state index contributed by atoms with van der Waals surface area (Å²) in [5.74, 6) is -0.706. The number of nitrogens with one attached hydrogen (secondary N) is 1. The van der Waals surface area contributed by atoms with Gasteiger partial charge in [0.25, 0.3) is 0 Å². The number of ether oxygens (including phenoxy) is 1. The molecule has 7 heteroatoms. The molecular formula is C22H21F2N3O2. The Labute approximate surface area is 167 Å². The molecule has 0 saturated carbocycles. The summed E-state index contributed by atoms with van der Waals surface area (Å²) >= 11 is 0. The Balaban J connectivity index is 1.55. The molecule has 29 heavy (non-hydrogen) atoms. The molecule has 150 valence electrons. The Morgan fingerprint density at radius 1 is 1.24 bits per heavy atom. The molecule has 0 bridgehead atoms. The average molecular weight is 397 g/mol. The maximum Gasteiger partial charge on any atom is 0.225 e. The molecule has 0 unspecified atom stereocenters. The van der Waals surface area contributed by atoms with E-state index in [4.69, 9.17) is 4.74 Å². The normalized spacial score (nSPS) is 15.5. The van der Waals surface area contributed by atoms with E-state index in [9.17, 15) is 13.6 Å². The standard InChI is InChI=1S/C22H21F2N3O2/c1-13-17(14(2)27(26-13)20-8-7-15(23)11-18(20)24)12-22(28)25-19-9-10-29-21-6-4-3-5-16(19)21/h3-8,11,19H,9-10,12H2,1-2H3,(H,25,28)/t19-/m1/s1. The highest BCUT2D eigenvalue weighted by molar-refractivity contribution is 5.79. The smallest absolute Gasteiger partial charge is 0.225 e. The molecule has 1 aromatic heterocycles. The van der Waals surface area contributed by atoms with Crippen LogP contribution in [-0.4, -0.2) is 22.3 Å². The van der Waals surface area contributed by atoms with Gasteiger partial charge in [0.1, 0.15) is 17.3 Å². The molecule has 2 heterocycles. The summed E-state index contributed by atoms with van der Waals surface area (Å²) in [6.45, 7) is 4.09. The van der Waals surface area contributed by atoms with E-state index in [0.29, 0.717) is 24.4 Å². The van der Waals surface area contributed by atoms with Crippen LogP contribution in [0.5, 0.6) is 5.75 Å². The summed E-state index contributed by atoms with van der Waals surface area (Å²) in [5, 5.41) is 7.43. The third-order valence-electron chi connectivity index (χ3n) is 5.21. The van der Waals surface area contributed by atoms with E-state index >= 15 is 0 Å². The number of amides is 1. The molecule has 0 radical (unpaired) electrons. The topological polar surface area (TPSA) is 56.2 Å². The molecule has 4 rings (SSSR count). The second-order valence-corrected chi connectivity index (χ2v) is 7.13. The lowest BCUT2D eigenvalue weighted by Crippen LogP contribution is -2.33. The van der Waals surface area contributed by atoms with Gasteiger partial charge in [-0.1, -0.05) is 18.2 Å². The number of carbonyl (C=O) groups is 1. The van der Waals surface area contributed by atoms with Crippen LogP contribution in [0.3, 0.4) is 0 Å². The minimum Gasteiger partial charge on any atom is -0.493 e. The molecule has 5 nitrogen and oxygen atoms in total. The number of rotatable bonds is 4. The number of aromatic nitrogens is 2. The highest BCUT2D eigenvalue weighted by Gasteiger charge is 2.24. The zero-order valence-corrected chi connectivity index (χ0v) is 16.2. The highest BCUT2D eigenvalue weighted by Crippen LogP contribution is 2.31. The van der Waals surface area contributed by atoms with Crippen molar-refractivity contribution in [3.8, 4) is 11.4 Å². The van der Waals surface area contributed by atoms with Crippen molar-refractivity contribution < 1.29 is 18.3 Å². The summed E-state index contributed by atoms with van der Waals surface area (Å²) in [6, 6.07) is 10.9. The molecule has 2 aromatic carbocycles. The Bertz CT molecular complexity index is 1080. The molecule has 0 aliphatic carbocycles. The first-order valence-corrected chi connectivity index (χ1v) is 9.45. The first kappa shape index (κ1) is 19.1. The van der Waals surface area contributed by atoms with Crippen molar-refractivity contribution >= 4 is 5.91 Å². The van der Waals surface area contributed by atoms with Crippen molar-refractivity contribution in [1.29, 1.82) is 0 Å². The number of hydrogen-bond donors (Lipinski definition) is 1. The first-order valence-electron chi connectivity index (χ1n) is 9.45. The van der Waals surface area contributed by atoms with Gasteiger partial charge in [0.2, 0.25) is 5.91 Å². The van der Waals surface area contributed by atoms with E-state index < -0.39 is 11.6 Å². The van der Waals surface area contributed by atoms with Crippen molar-refractivity contribution in [3.05, 3.63) is 76.6 Å². The number of halogens is 2. The minimum atomic E-state index is -0.703. The zero-order chi connectivity index (χ0) is 20.5. The number of carbonyl (C=O) groups excluding carboxylic acids is 1. The maximum atomic E-state index is 14.2. The van der Waals surface area contributed by atoms with E-state index in [1.165, 1.54) is 16.8 Å². The predicted octanol–water partition coefficient (Wildman–Crippen LogP) is 3.95. The molecule has 0 saturated heterocycles. The second-order valence-electron chi connectivity index (χ2n) is 7.13. The molecule has 3 aromatic rings. The van der Waals surface area contributed by atoms with Crippen LogP contribution in [0.15, 0.2) is 42.5 Å². The van der Waals surface area contributed by atoms with Crippen LogP contribution in [0, 0.1) is 25.5 Å². The number of hydrogen-bond acceptors (Lipinski definition) is 3. The van der Waals surface area contributed by atoms with Crippen molar-refractivity contribution in [3.63, 3.8) is 0 Å². The Morgan fingerprint density at radius 3 is 2.83 bits per heavy atom. The number of aryl methyl sites for hydroxylation is 1. The molecule has 1 N–H and O–H groups in total. The van der Waals surface area contributed by atoms with Crippen LogP contribution in [0.2, 0.25) is 0 Å². The number of benzene rings is 2. The maximum absolute atomic E-state index is 14.2. The average Bonchev–Trinajstić information content (AvgIpc) is 2.96. The summed E-state index contributed by atoms with van der Waals surface area (Å²) in [4.78, 5) is 12.7. The molecule has 0 spiro atoms. The van der Waals surface area contributed by atoms with Gasteiger partial charge in [-0.3, -0.25) is 4.79 Å². The van der Waals surface area contributed by atoms with Gasteiger partial charge in [-0.05, 0) is 32.0 Å². The van der Waals surface area contributed by atoms with Gasteiger partial charge < -0.3 is 10.1 Å². The quantitative estimate of drug-likeness (QED) is 0.725. The van der Waals surface area contributed by atoms with Crippen LogP contribution in [0.25, 0.3) is 5.69 Å². The first-order chi connectivity index (χ1) is 13.9. The summed E-state index contributed by atoms with van der Waals surface area (Å²) in [6.07, 6.45) is 0.820. The molecular weight excluding hydrogens is 376 g/mol. The molecule has 0 fully saturated rings.